The number of benzene rings is 1. The molecule has 1 heterocycles. The molecule has 17 heavy (non-hydrogen) atoms. The molecule has 0 spiro atoms. The van der Waals surface area contributed by atoms with Crippen molar-refractivity contribution in [2.45, 2.75) is 19.1 Å². The van der Waals surface area contributed by atoms with Gasteiger partial charge in [-0.3, -0.25) is 4.79 Å². The van der Waals surface area contributed by atoms with E-state index < -0.39 is 6.10 Å². The highest BCUT2D eigenvalue weighted by Crippen LogP contribution is 2.16. The fourth-order valence-corrected chi connectivity index (χ4v) is 2.04. The Morgan fingerprint density at radius 1 is 1.53 bits per heavy atom. The number of amides is 1. The summed E-state index contributed by atoms with van der Waals surface area (Å²) in [4.78, 5) is 12.0. The standard InChI is InChI=1S/C12H14ClNO3/c1-7-4-8(13)2-3-9(7)12(16)14-10-5-17-6-11(10)15/h2-4,10-11,15H,5-6H2,1H3,(H,14,16). The highest BCUT2D eigenvalue weighted by Gasteiger charge is 2.28. The molecule has 0 radical (unpaired) electrons. The van der Waals surface area contributed by atoms with Crippen LogP contribution in [0.1, 0.15) is 15.9 Å². The minimum atomic E-state index is -0.633. The molecule has 1 aliphatic rings. The smallest absolute Gasteiger partial charge is 0.251 e. The second kappa shape index (κ2) is 5.04. The van der Waals surface area contributed by atoms with Crippen molar-refractivity contribution >= 4 is 17.5 Å². The average Bonchev–Trinajstić information content (AvgIpc) is 2.64. The predicted octanol–water partition coefficient (Wildman–Crippen LogP) is 1.14. The Morgan fingerprint density at radius 3 is 2.88 bits per heavy atom. The zero-order chi connectivity index (χ0) is 12.4. The van der Waals surface area contributed by atoms with Gasteiger partial charge in [-0.25, -0.2) is 0 Å². The summed E-state index contributed by atoms with van der Waals surface area (Å²) >= 11 is 5.82. The van der Waals surface area contributed by atoms with Gasteiger partial charge in [0, 0.05) is 10.6 Å². The zero-order valence-corrected chi connectivity index (χ0v) is 10.2. The molecule has 4 nitrogen and oxygen atoms in total. The second-order valence-corrected chi connectivity index (χ2v) is 4.58. The van der Waals surface area contributed by atoms with Gasteiger partial charge in [0.1, 0.15) is 0 Å². The van der Waals surface area contributed by atoms with E-state index in [1.807, 2.05) is 6.92 Å². The van der Waals surface area contributed by atoms with Gasteiger partial charge >= 0.3 is 0 Å². The molecule has 2 rings (SSSR count). The summed E-state index contributed by atoms with van der Waals surface area (Å²) in [6.07, 6.45) is -0.633. The SMILES string of the molecule is Cc1cc(Cl)ccc1C(=O)NC1COCC1O. The molecule has 0 saturated carbocycles. The maximum Gasteiger partial charge on any atom is 0.251 e. The van der Waals surface area contributed by atoms with E-state index in [0.29, 0.717) is 17.2 Å². The lowest BCUT2D eigenvalue weighted by atomic mass is 10.1. The first-order valence-corrected chi connectivity index (χ1v) is 5.78. The van der Waals surface area contributed by atoms with E-state index in [-0.39, 0.29) is 18.6 Å². The number of halogens is 1. The second-order valence-electron chi connectivity index (χ2n) is 4.14. The first kappa shape index (κ1) is 12.4. The highest BCUT2D eigenvalue weighted by atomic mass is 35.5. The van der Waals surface area contributed by atoms with Crippen LogP contribution in [0.15, 0.2) is 18.2 Å². The van der Waals surface area contributed by atoms with E-state index >= 15 is 0 Å². The van der Waals surface area contributed by atoms with Crippen molar-refractivity contribution in [3.63, 3.8) is 0 Å². The molecule has 1 amide bonds. The number of rotatable bonds is 2. The van der Waals surface area contributed by atoms with E-state index in [9.17, 15) is 9.90 Å². The van der Waals surface area contributed by atoms with Crippen LogP contribution in [0.25, 0.3) is 0 Å². The molecule has 2 N–H and O–H groups in total. The van der Waals surface area contributed by atoms with Gasteiger partial charge in [0.05, 0.1) is 25.4 Å². The Kier molecular flexibility index (Phi) is 3.66. The van der Waals surface area contributed by atoms with Crippen LogP contribution in [0.2, 0.25) is 5.02 Å². The third kappa shape index (κ3) is 2.77. The molecule has 0 aromatic heterocycles. The number of hydrogen-bond acceptors (Lipinski definition) is 3. The third-order valence-corrected chi connectivity index (χ3v) is 3.04. The molecule has 1 saturated heterocycles. The van der Waals surface area contributed by atoms with Crippen LogP contribution in [0.3, 0.4) is 0 Å². The maximum absolute atomic E-state index is 12.0. The van der Waals surface area contributed by atoms with Crippen LogP contribution in [0.5, 0.6) is 0 Å². The van der Waals surface area contributed by atoms with Crippen LogP contribution in [-0.4, -0.2) is 36.4 Å². The van der Waals surface area contributed by atoms with Crippen LogP contribution in [-0.2, 0) is 4.74 Å². The van der Waals surface area contributed by atoms with Gasteiger partial charge in [0.25, 0.3) is 5.91 Å². The third-order valence-electron chi connectivity index (χ3n) is 2.80. The lowest BCUT2D eigenvalue weighted by molar-refractivity contribution is 0.0886. The van der Waals surface area contributed by atoms with Crippen molar-refractivity contribution < 1.29 is 14.6 Å². The van der Waals surface area contributed by atoms with E-state index in [0.717, 1.165) is 5.56 Å². The minimum absolute atomic E-state index is 0.214. The van der Waals surface area contributed by atoms with E-state index in [2.05, 4.69) is 5.32 Å². The van der Waals surface area contributed by atoms with Crippen LogP contribution >= 0.6 is 11.6 Å². The molecular formula is C12H14ClNO3. The quantitative estimate of drug-likeness (QED) is 0.833. The molecule has 5 heteroatoms. The number of carbonyl (C=O) groups is 1. The van der Waals surface area contributed by atoms with Crippen molar-refractivity contribution in [1.82, 2.24) is 5.32 Å². The van der Waals surface area contributed by atoms with Gasteiger partial charge < -0.3 is 15.2 Å². The van der Waals surface area contributed by atoms with E-state index in [4.69, 9.17) is 16.3 Å². The number of ether oxygens (including phenoxy) is 1. The molecule has 0 bridgehead atoms. The van der Waals surface area contributed by atoms with Gasteiger partial charge in [-0.1, -0.05) is 11.6 Å². The summed E-state index contributed by atoms with van der Waals surface area (Å²) in [7, 11) is 0. The molecule has 0 aliphatic carbocycles. The summed E-state index contributed by atoms with van der Waals surface area (Å²) < 4.78 is 5.07. The summed E-state index contributed by atoms with van der Waals surface area (Å²) in [6.45, 7) is 2.44. The number of aliphatic hydroxyl groups excluding tert-OH is 1. The summed E-state index contributed by atoms with van der Waals surface area (Å²) in [5.74, 6) is -0.214. The minimum Gasteiger partial charge on any atom is -0.388 e. The highest BCUT2D eigenvalue weighted by molar-refractivity contribution is 6.30. The van der Waals surface area contributed by atoms with Gasteiger partial charge in [0.15, 0.2) is 0 Å². The summed E-state index contributed by atoms with van der Waals surface area (Å²) in [5.41, 5.74) is 1.37. The number of aryl methyl sites for hydroxylation is 1. The number of aliphatic hydroxyl groups is 1. The van der Waals surface area contributed by atoms with Gasteiger partial charge in [0.2, 0.25) is 0 Å². The fourth-order valence-electron chi connectivity index (χ4n) is 1.81. The Bertz CT molecular complexity index is 436. The Balaban J connectivity index is 2.09. The number of carbonyl (C=O) groups excluding carboxylic acids is 1. The lowest BCUT2D eigenvalue weighted by Gasteiger charge is -2.15. The molecule has 1 aromatic carbocycles. The first-order chi connectivity index (χ1) is 8.08. The number of hydrogen-bond donors (Lipinski definition) is 2. The Morgan fingerprint density at radius 2 is 2.29 bits per heavy atom. The van der Waals surface area contributed by atoms with Crippen molar-refractivity contribution in [3.05, 3.63) is 34.3 Å². The molecule has 1 aromatic rings. The van der Waals surface area contributed by atoms with Gasteiger partial charge in [-0.15, -0.1) is 0 Å². The summed E-state index contributed by atoms with van der Waals surface area (Å²) in [5, 5.41) is 12.9. The van der Waals surface area contributed by atoms with Crippen molar-refractivity contribution in [3.8, 4) is 0 Å². The molecule has 2 unspecified atom stereocenters. The van der Waals surface area contributed by atoms with Gasteiger partial charge in [-0.05, 0) is 30.7 Å². The van der Waals surface area contributed by atoms with Crippen LogP contribution < -0.4 is 5.32 Å². The predicted molar refractivity (Wildman–Crippen MR) is 64.3 cm³/mol. The Hall–Kier alpha value is -1.10. The molecule has 1 fully saturated rings. The molecule has 2 atom stereocenters. The normalized spacial score (nSPS) is 23.7. The van der Waals surface area contributed by atoms with Crippen molar-refractivity contribution in [2.24, 2.45) is 0 Å². The fraction of sp³-hybridized carbons (Fsp3) is 0.417. The van der Waals surface area contributed by atoms with E-state index in [1.165, 1.54) is 0 Å². The molecule has 1 aliphatic heterocycles. The first-order valence-electron chi connectivity index (χ1n) is 5.41. The van der Waals surface area contributed by atoms with E-state index in [1.54, 1.807) is 18.2 Å². The molecular weight excluding hydrogens is 242 g/mol. The van der Waals surface area contributed by atoms with Crippen LogP contribution in [0, 0.1) is 6.92 Å². The number of nitrogens with one attached hydrogen (secondary N) is 1. The Labute approximate surface area is 105 Å². The van der Waals surface area contributed by atoms with Crippen LogP contribution in [0.4, 0.5) is 0 Å². The van der Waals surface area contributed by atoms with Crippen molar-refractivity contribution in [2.75, 3.05) is 13.2 Å². The van der Waals surface area contributed by atoms with Crippen molar-refractivity contribution in [1.29, 1.82) is 0 Å². The molecule has 92 valence electrons. The largest absolute Gasteiger partial charge is 0.388 e. The maximum atomic E-state index is 12.0. The summed E-state index contributed by atoms with van der Waals surface area (Å²) in [6, 6.07) is 4.75. The van der Waals surface area contributed by atoms with Gasteiger partial charge in [-0.2, -0.15) is 0 Å². The topological polar surface area (TPSA) is 58.6 Å². The monoisotopic (exact) mass is 255 g/mol. The lowest BCUT2D eigenvalue weighted by Crippen LogP contribution is -2.42. The zero-order valence-electron chi connectivity index (χ0n) is 9.44. The average molecular weight is 256 g/mol.